The summed E-state index contributed by atoms with van der Waals surface area (Å²) >= 11 is 1.46. The summed E-state index contributed by atoms with van der Waals surface area (Å²) in [5.41, 5.74) is 0. The van der Waals surface area contributed by atoms with Crippen molar-refractivity contribution in [1.29, 1.82) is 0 Å². The van der Waals surface area contributed by atoms with Gasteiger partial charge in [-0.15, -0.1) is 11.3 Å². The molecule has 1 aromatic heterocycles. The second-order valence-corrected chi connectivity index (χ2v) is 5.54. The molecule has 86 valence electrons. The van der Waals surface area contributed by atoms with E-state index in [9.17, 15) is 8.42 Å². The van der Waals surface area contributed by atoms with Gasteiger partial charge in [0.05, 0.1) is 5.75 Å². The minimum absolute atomic E-state index is 0. The van der Waals surface area contributed by atoms with Gasteiger partial charge in [0.2, 0.25) is 0 Å². The summed E-state index contributed by atoms with van der Waals surface area (Å²) in [5, 5.41) is 3.63. The summed E-state index contributed by atoms with van der Waals surface area (Å²) in [5.74, 6) is 1.04. The standard InChI is InChI=1S/C8H10O5S2.Li.H/c9-15(10,11)2-1-6-3-12-7-4-14-5-8(7)13-6;;/h4-6H,1-3H2,(H,9,10,11);;. The van der Waals surface area contributed by atoms with Gasteiger partial charge in [-0.25, -0.2) is 0 Å². The predicted molar refractivity (Wildman–Crippen MR) is 62.4 cm³/mol. The van der Waals surface area contributed by atoms with Crippen LogP contribution in [0.5, 0.6) is 11.5 Å². The Bertz CT molecular complexity index is 441. The molecule has 0 amide bonds. The number of rotatable bonds is 3. The topological polar surface area (TPSA) is 72.8 Å². The molecule has 5 nitrogen and oxygen atoms in total. The normalized spacial score (nSPS) is 18.9. The van der Waals surface area contributed by atoms with Gasteiger partial charge in [-0.1, -0.05) is 0 Å². The summed E-state index contributed by atoms with van der Waals surface area (Å²) in [4.78, 5) is 0. The molecule has 0 saturated heterocycles. The molecule has 0 spiro atoms. The second-order valence-electron chi connectivity index (χ2n) is 3.23. The van der Waals surface area contributed by atoms with E-state index in [1.165, 1.54) is 11.3 Å². The van der Waals surface area contributed by atoms with Gasteiger partial charge in [0.15, 0.2) is 11.5 Å². The summed E-state index contributed by atoms with van der Waals surface area (Å²) in [6.45, 7) is 0.319. The average molecular weight is 258 g/mol. The van der Waals surface area contributed by atoms with Crippen LogP contribution in [0.3, 0.4) is 0 Å². The Kier molecular flexibility index (Phi) is 4.70. The Morgan fingerprint density at radius 1 is 1.44 bits per heavy atom. The van der Waals surface area contributed by atoms with Crippen LogP contribution in [0.15, 0.2) is 10.8 Å². The molecular formula is C8H11LiO5S2. The summed E-state index contributed by atoms with van der Waals surface area (Å²) in [7, 11) is -3.92. The number of hydrogen-bond donors (Lipinski definition) is 1. The molecule has 1 aromatic rings. The quantitative estimate of drug-likeness (QED) is 0.632. The van der Waals surface area contributed by atoms with Crippen molar-refractivity contribution in [2.45, 2.75) is 12.5 Å². The molecule has 1 atom stereocenters. The first-order valence-electron chi connectivity index (χ1n) is 4.35. The number of fused-ring (bicyclic) bond motifs is 1. The third-order valence-corrected chi connectivity index (χ3v) is 3.46. The SMILES string of the molecule is O=S(=O)(O)CCC1COc2cscc2O1.[LiH]. The zero-order valence-electron chi connectivity index (χ0n) is 7.75. The van der Waals surface area contributed by atoms with Crippen LogP contribution in [0.2, 0.25) is 0 Å². The fraction of sp³-hybridized carbons (Fsp3) is 0.500. The molecule has 0 aromatic carbocycles. The van der Waals surface area contributed by atoms with E-state index in [-0.39, 0.29) is 37.1 Å². The Balaban J connectivity index is 0.00000128. The molecule has 16 heavy (non-hydrogen) atoms. The molecule has 0 radical (unpaired) electrons. The van der Waals surface area contributed by atoms with E-state index in [4.69, 9.17) is 14.0 Å². The average Bonchev–Trinajstić information content (AvgIpc) is 2.60. The van der Waals surface area contributed by atoms with Crippen molar-refractivity contribution < 1.29 is 22.4 Å². The molecular weight excluding hydrogens is 247 g/mol. The van der Waals surface area contributed by atoms with Crippen LogP contribution >= 0.6 is 11.3 Å². The molecule has 0 saturated carbocycles. The first-order chi connectivity index (χ1) is 7.04. The maximum absolute atomic E-state index is 10.5. The molecule has 2 heterocycles. The van der Waals surface area contributed by atoms with Gasteiger partial charge in [0, 0.05) is 17.2 Å². The number of ether oxygens (including phenoxy) is 2. The number of thiophene rings is 1. The van der Waals surface area contributed by atoms with Crippen molar-refractivity contribution in [1.82, 2.24) is 0 Å². The molecule has 0 fully saturated rings. The van der Waals surface area contributed by atoms with E-state index in [1.807, 2.05) is 5.38 Å². The van der Waals surface area contributed by atoms with Crippen LogP contribution in [0.1, 0.15) is 6.42 Å². The zero-order valence-corrected chi connectivity index (χ0v) is 9.38. The second kappa shape index (κ2) is 5.43. The van der Waals surface area contributed by atoms with Crippen LogP contribution in [0.4, 0.5) is 0 Å². The van der Waals surface area contributed by atoms with Crippen molar-refractivity contribution in [2.24, 2.45) is 0 Å². The fourth-order valence-corrected chi connectivity index (χ4v) is 2.52. The maximum atomic E-state index is 10.5. The fourth-order valence-electron chi connectivity index (χ4n) is 1.28. The van der Waals surface area contributed by atoms with Gasteiger partial charge in [0.1, 0.15) is 12.7 Å². The Hall–Kier alpha value is -0.193. The molecule has 1 aliphatic heterocycles. The summed E-state index contributed by atoms with van der Waals surface area (Å²) in [6, 6.07) is 0. The third-order valence-electron chi connectivity index (χ3n) is 2.01. The third kappa shape index (κ3) is 3.68. The minimum atomic E-state index is -3.92. The van der Waals surface area contributed by atoms with E-state index in [0.29, 0.717) is 18.1 Å². The van der Waals surface area contributed by atoms with Gasteiger partial charge >= 0.3 is 18.9 Å². The van der Waals surface area contributed by atoms with Crippen molar-refractivity contribution in [3.8, 4) is 11.5 Å². The molecule has 0 aliphatic carbocycles. The summed E-state index contributed by atoms with van der Waals surface area (Å²) in [6.07, 6.45) is -0.0808. The van der Waals surface area contributed by atoms with Crippen LogP contribution in [0.25, 0.3) is 0 Å². The zero-order chi connectivity index (χ0) is 10.9. The van der Waals surface area contributed by atoms with Gasteiger partial charge in [-0.2, -0.15) is 8.42 Å². The van der Waals surface area contributed by atoms with Crippen molar-refractivity contribution in [2.75, 3.05) is 12.4 Å². The molecule has 1 aliphatic rings. The van der Waals surface area contributed by atoms with Crippen molar-refractivity contribution >= 4 is 40.3 Å². The van der Waals surface area contributed by atoms with E-state index in [0.717, 1.165) is 0 Å². The van der Waals surface area contributed by atoms with E-state index in [1.54, 1.807) is 5.38 Å². The molecule has 8 heteroatoms. The monoisotopic (exact) mass is 258 g/mol. The Morgan fingerprint density at radius 3 is 2.81 bits per heavy atom. The molecule has 1 N–H and O–H groups in total. The first-order valence-corrected chi connectivity index (χ1v) is 6.90. The van der Waals surface area contributed by atoms with Gasteiger partial charge in [-0.05, 0) is 0 Å². The van der Waals surface area contributed by atoms with Gasteiger partial charge < -0.3 is 9.47 Å². The predicted octanol–water partition coefficient (Wildman–Crippen LogP) is 0.517. The first kappa shape index (κ1) is 13.9. The Morgan fingerprint density at radius 2 is 2.12 bits per heavy atom. The molecule has 0 bridgehead atoms. The van der Waals surface area contributed by atoms with Gasteiger partial charge in [0.25, 0.3) is 10.1 Å². The van der Waals surface area contributed by atoms with Crippen LogP contribution in [-0.2, 0) is 10.1 Å². The van der Waals surface area contributed by atoms with E-state index < -0.39 is 10.1 Å². The van der Waals surface area contributed by atoms with Crippen LogP contribution in [0, 0.1) is 0 Å². The van der Waals surface area contributed by atoms with Gasteiger partial charge in [-0.3, -0.25) is 4.55 Å². The molecule has 2 rings (SSSR count). The summed E-state index contributed by atoms with van der Waals surface area (Å²) < 4.78 is 40.5. The van der Waals surface area contributed by atoms with E-state index >= 15 is 0 Å². The van der Waals surface area contributed by atoms with Crippen molar-refractivity contribution in [3.05, 3.63) is 10.8 Å². The van der Waals surface area contributed by atoms with Crippen LogP contribution < -0.4 is 9.47 Å². The number of hydrogen-bond acceptors (Lipinski definition) is 5. The van der Waals surface area contributed by atoms with E-state index in [2.05, 4.69) is 0 Å². The van der Waals surface area contributed by atoms with Crippen molar-refractivity contribution in [3.63, 3.8) is 0 Å². The Labute approximate surface area is 110 Å². The molecule has 1 unspecified atom stereocenters. The van der Waals surface area contributed by atoms with Crippen LogP contribution in [-0.4, -0.2) is 50.3 Å².